The van der Waals surface area contributed by atoms with E-state index in [1.807, 2.05) is 25.1 Å². The summed E-state index contributed by atoms with van der Waals surface area (Å²) in [6.07, 6.45) is 0. The molecule has 2 rings (SSSR count). The highest BCUT2D eigenvalue weighted by molar-refractivity contribution is 8.11. The lowest BCUT2D eigenvalue weighted by Gasteiger charge is -2.09. The number of nitrogens with zero attached hydrogens (tertiary/aromatic N) is 5. The van der Waals surface area contributed by atoms with Crippen LogP contribution in [0.1, 0.15) is 11.1 Å². The van der Waals surface area contributed by atoms with E-state index in [0.29, 0.717) is 11.4 Å². The molecule has 1 heterocycles. The fourth-order valence-electron chi connectivity index (χ4n) is 1.69. The van der Waals surface area contributed by atoms with E-state index in [1.54, 1.807) is 7.05 Å². The third-order valence-corrected chi connectivity index (χ3v) is 3.38. The predicted octanol–water partition coefficient (Wildman–Crippen LogP) is 0.925. The van der Waals surface area contributed by atoms with Crippen molar-refractivity contribution in [3.8, 4) is 5.69 Å². The van der Waals surface area contributed by atoms with Gasteiger partial charge in [0, 0.05) is 12.8 Å². The zero-order valence-electron chi connectivity index (χ0n) is 10.5. The minimum atomic E-state index is -0.298. The molecule has 0 aliphatic rings. The number of aromatic nitrogens is 4. The van der Waals surface area contributed by atoms with Crippen LogP contribution < -0.4 is 5.69 Å². The van der Waals surface area contributed by atoms with E-state index in [1.165, 1.54) is 26.7 Å². The maximum atomic E-state index is 11.9. The van der Waals surface area contributed by atoms with Crippen LogP contribution in [0.15, 0.2) is 28.1 Å². The first kappa shape index (κ1) is 13.3. The van der Waals surface area contributed by atoms with Crippen LogP contribution in [0.5, 0.6) is 0 Å². The van der Waals surface area contributed by atoms with Gasteiger partial charge < -0.3 is 5.21 Å². The lowest BCUT2D eigenvalue weighted by molar-refractivity contribution is 0.323. The van der Waals surface area contributed by atoms with Crippen LogP contribution in [0, 0.1) is 6.92 Å². The minimum absolute atomic E-state index is 0.298. The second-order valence-corrected chi connectivity index (χ2v) is 4.73. The van der Waals surface area contributed by atoms with Crippen LogP contribution in [0.25, 0.3) is 5.69 Å². The molecule has 7 nitrogen and oxygen atoms in total. The van der Waals surface area contributed by atoms with Crippen molar-refractivity contribution >= 4 is 17.3 Å². The Morgan fingerprint density at radius 3 is 2.89 bits per heavy atom. The van der Waals surface area contributed by atoms with Gasteiger partial charge >= 0.3 is 5.69 Å². The minimum Gasteiger partial charge on any atom is -0.410 e. The lowest BCUT2D eigenvalue weighted by atomic mass is 10.1. The molecule has 0 saturated heterocycles. The van der Waals surface area contributed by atoms with E-state index in [0.717, 1.165) is 11.1 Å². The summed E-state index contributed by atoms with van der Waals surface area (Å²) in [6, 6.07) is 5.63. The Labute approximate surface area is 113 Å². The summed E-state index contributed by atoms with van der Waals surface area (Å²) in [7, 11) is 1.55. The predicted molar refractivity (Wildman–Crippen MR) is 72.9 cm³/mol. The molecule has 0 saturated carbocycles. The first-order valence-corrected chi connectivity index (χ1v) is 6.55. The number of oxime groups is 1. The monoisotopic (exact) mass is 279 g/mol. The molecular formula is C11H13N5O2S. The van der Waals surface area contributed by atoms with Gasteiger partial charge in [0.1, 0.15) is 0 Å². The standard InChI is InChI=1S/C11H13N5O2S/c1-8-4-3-5-10(9(8)6-19-7-12-18)16-11(17)15(2)13-14-16/h3-5,7,18H,6H2,1-2H3/b12-7-. The molecule has 1 N–H and O–H groups in total. The average Bonchev–Trinajstić information content (AvgIpc) is 2.72. The molecule has 0 unspecified atom stereocenters. The van der Waals surface area contributed by atoms with Crippen LogP contribution >= 0.6 is 11.8 Å². The maximum absolute atomic E-state index is 11.9. The molecule has 0 spiro atoms. The average molecular weight is 279 g/mol. The number of hydrogen-bond acceptors (Lipinski definition) is 6. The van der Waals surface area contributed by atoms with Crippen LogP contribution in [0.4, 0.5) is 0 Å². The van der Waals surface area contributed by atoms with Gasteiger partial charge in [-0.2, -0.15) is 9.36 Å². The molecule has 0 aliphatic carbocycles. The summed E-state index contributed by atoms with van der Waals surface area (Å²) in [6.45, 7) is 1.96. The van der Waals surface area contributed by atoms with Gasteiger partial charge in [0.25, 0.3) is 0 Å². The number of benzene rings is 1. The summed E-state index contributed by atoms with van der Waals surface area (Å²) in [5, 5.41) is 18.9. The van der Waals surface area contributed by atoms with Crippen molar-refractivity contribution in [1.82, 2.24) is 19.8 Å². The topological polar surface area (TPSA) is 85.3 Å². The number of aryl methyl sites for hydroxylation is 2. The van der Waals surface area contributed by atoms with Crippen molar-refractivity contribution in [2.45, 2.75) is 12.7 Å². The zero-order valence-corrected chi connectivity index (χ0v) is 11.3. The molecule has 2 aromatic rings. The lowest BCUT2D eigenvalue weighted by Crippen LogP contribution is -2.23. The van der Waals surface area contributed by atoms with Crippen LogP contribution in [0.3, 0.4) is 0 Å². The summed E-state index contributed by atoms with van der Waals surface area (Å²) in [5.41, 5.74) is 3.73. The van der Waals surface area contributed by atoms with E-state index in [4.69, 9.17) is 5.21 Å². The third kappa shape index (κ3) is 2.68. The Morgan fingerprint density at radius 1 is 1.47 bits per heavy atom. The van der Waals surface area contributed by atoms with Crippen molar-refractivity contribution in [2.75, 3.05) is 0 Å². The highest BCUT2D eigenvalue weighted by atomic mass is 32.2. The van der Waals surface area contributed by atoms with Gasteiger partial charge in [-0.05, 0) is 34.5 Å². The molecule has 100 valence electrons. The van der Waals surface area contributed by atoms with E-state index in [2.05, 4.69) is 15.6 Å². The fraction of sp³-hybridized carbons (Fsp3) is 0.273. The molecule has 0 bridgehead atoms. The Morgan fingerprint density at radius 2 is 2.26 bits per heavy atom. The molecule has 19 heavy (non-hydrogen) atoms. The van der Waals surface area contributed by atoms with Gasteiger partial charge in [-0.1, -0.05) is 17.3 Å². The highest BCUT2D eigenvalue weighted by Crippen LogP contribution is 2.21. The maximum Gasteiger partial charge on any atom is 0.368 e. The summed E-state index contributed by atoms with van der Waals surface area (Å²) in [4.78, 5) is 11.9. The van der Waals surface area contributed by atoms with E-state index in [9.17, 15) is 4.79 Å². The van der Waals surface area contributed by atoms with Gasteiger partial charge in [0.2, 0.25) is 0 Å². The SMILES string of the molecule is Cc1cccc(-n2nnn(C)c2=O)c1CS/C=N\O. The Balaban J connectivity index is 2.48. The van der Waals surface area contributed by atoms with Gasteiger partial charge in [-0.3, -0.25) is 0 Å². The molecule has 8 heteroatoms. The molecule has 1 aromatic heterocycles. The molecule has 1 aromatic carbocycles. The zero-order chi connectivity index (χ0) is 13.8. The Kier molecular flexibility index (Phi) is 4.00. The number of hydrogen-bond donors (Lipinski definition) is 1. The second kappa shape index (κ2) is 5.70. The summed E-state index contributed by atoms with van der Waals surface area (Å²) >= 11 is 1.33. The van der Waals surface area contributed by atoms with E-state index < -0.39 is 0 Å². The summed E-state index contributed by atoms with van der Waals surface area (Å²) in [5.74, 6) is 0.578. The quantitative estimate of drug-likeness (QED) is 0.389. The largest absolute Gasteiger partial charge is 0.410 e. The highest BCUT2D eigenvalue weighted by Gasteiger charge is 2.12. The van der Waals surface area contributed by atoms with Crippen LogP contribution in [0.2, 0.25) is 0 Å². The van der Waals surface area contributed by atoms with E-state index >= 15 is 0 Å². The first-order chi connectivity index (χ1) is 9.15. The fourth-order valence-corrected chi connectivity index (χ4v) is 2.38. The number of thioether (sulfide) groups is 1. The van der Waals surface area contributed by atoms with Gasteiger partial charge in [0.05, 0.1) is 11.2 Å². The van der Waals surface area contributed by atoms with Crippen molar-refractivity contribution in [3.05, 3.63) is 39.8 Å². The molecule has 0 amide bonds. The van der Waals surface area contributed by atoms with Gasteiger partial charge in [-0.25, -0.2) is 4.79 Å². The molecule has 0 atom stereocenters. The van der Waals surface area contributed by atoms with Crippen molar-refractivity contribution in [3.63, 3.8) is 0 Å². The third-order valence-electron chi connectivity index (χ3n) is 2.68. The Bertz CT molecular complexity index is 661. The molecular weight excluding hydrogens is 266 g/mol. The smallest absolute Gasteiger partial charge is 0.368 e. The van der Waals surface area contributed by atoms with Crippen molar-refractivity contribution in [2.24, 2.45) is 12.2 Å². The van der Waals surface area contributed by atoms with Gasteiger partial charge in [-0.15, -0.1) is 11.8 Å². The van der Waals surface area contributed by atoms with Crippen LogP contribution in [-0.4, -0.2) is 30.5 Å². The van der Waals surface area contributed by atoms with E-state index in [-0.39, 0.29) is 5.69 Å². The normalized spacial score (nSPS) is 11.3. The molecule has 0 fully saturated rings. The number of tetrazole rings is 1. The van der Waals surface area contributed by atoms with Crippen LogP contribution in [-0.2, 0) is 12.8 Å². The van der Waals surface area contributed by atoms with Crippen molar-refractivity contribution < 1.29 is 5.21 Å². The Hall–Kier alpha value is -2.09. The first-order valence-electron chi connectivity index (χ1n) is 5.50. The number of rotatable bonds is 4. The second-order valence-electron chi connectivity index (χ2n) is 3.90. The molecule has 0 radical (unpaired) electrons. The molecule has 0 aliphatic heterocycles. The van der Waals surface area contributed by atoms with Crippen molar-refractivity contribution in [1.29, 1.82) is 0 Å². The van der Waals surface area contributed by atoms with Gasteiger partial charge in [0.15, 0.2) is 0 Å². The summed E-state index contributed by atoms with van der Waals surface area (Å²) < 4.78 is 2.44.